The topological polar surface area (TPSA) is 58.4 Å². The van der Waals surface area contributed by atoms with Gasteiger partial charge in [0.25, 0.3) is 0 Å². The standard InChI is InChI=1S/C16H27N3O/c1-4-13(2)18-16(20)14(3)19(11-10-17)12-15-8-6-5-7-9-15/h5-9,13-14H,4,10-12,17H2,1-3H3,(H,18,20). The molecule has 0 spiro atoms. The van der Waals surface area contributed by atoms with Gasteiger partial charge < -0.3 is 11.1 Å². The Morgan fingerprint density at radius 1 is 1.30 bits per heavy atom. The molecule has 0 aliphatic rings. The van der Waals surface area contributed by atoms with Crippen LogP contribution >= 0.6 is 0 Å². The summed E-state index contributed by atoms with van der Waals surface area (Å²) in [4.78, 5) is 14.3. The van der Waals surface area contributed by atoms with Crippen LogP contribution in [0.1, 0.15) is 32.8 Å². The summed E-state index contributed by atoms with van der Waals surface area (Å²) >= 11 is 0. The Morgan fingerprint density at radius 3 is 2.50 bits per heavy atom. The molecule has 2 atom stereocenters. The van der Waals surface area contributed by atoms with Gasteiger partial charge in [0.2, 0.25) is 5.91 Å². The van der Waals surface area contributed by atoms with Crippen molar-refractivity contribution in [1.29, 1.82) is 0 Å². The molecule has 1 rings (SSSR count). The smallest absolute Gasteiger partial charge is 0.237 e. The summed E-state index contributed by atoms with van der Waals surface area (Å²) in [6, 6.07) is 10.2. The normalized spacial score (nSPS) is 14.1. The molecule has 0 radical (unpaired) electrons. The average Bonchev–Trinajstić information content (AvgIpc) is 2.46. The van der Waals surface area contributed by atoms with Crippen LogP contribution in [-0.4, -0.2) is 36.0 Å². The molecule has 112 valence electrons. The molecule has 1 aromatic rings. The van der Waals surface area contributed by atoms with Crippen LogP contribution in [0.25, 0.3) is 0 Å². The van der Waals surface area contributed by atoms with E-state index >= 15 is 0 Å². The third-order valence-corrected chi connectivity index (χ3v) is 3.57. The lowest BCUT2D eigenvalue weighted by Crippen LogP contribution is -2.48. The molecule has 0 saturated heterocycles. The molecule has 2 unspecified atom stereocenters. The minimum atomic E-state index is -0.173. The lowest BCUT2D eigenvalue weighted by molar-refractivity contribution is -0.126. The van der Waals surface area contributed by atoms with Crippen LogP contribution in [0.3, 0.4) is 0 Å². The fourth-order valence-electron chi connectivity index (χ4n) is 2.02. The highest BCUT2D eigenvalue weighted by atomic mass is 16.2. The molecular weight excluding hydrogens is 250 g/mol. The third-order valence-electron chi connectivity index (χ3n) is 3.57. The van der Waals surface area contributed by atoms with Crippen LogP contribution in [0.2, 0.25) is 0 Å². The number of hydrogen-bond acceptors (Lipinski definition) is 3. The van der Waals surface area contributed by atoms with Crippen molar-refractivity contribution in [3.63, 3.8) is 0 Å². The Morgan fingerprint density at radius 2 is 1.95 bits per heavy atom. The number of rotatable bonds is 8. The molecule has 0 aliphatic carbocycles. The predicted octanol–water partition coefficient (Wildman–Crippen LogP) is 1.75. The van der Waals surface area contributed by atoms with Crippen LogP contribution in [0.15, 0.2) is 30.3 Å². The Balaban J connectivity index is 2.67. The van der Waals surface area contributed by atoms with Gasteiger partial charge in [-0.2, -0.15) is 0 Å². The van der Waals surface area contributed by atoms with Gasteiger partial charge in [0.05, 0.1) is 6.04 Å². The summed E-state index contributed by atoms with van der Waals surface area (Å²) in [6.45, 7) is 8.04. The Bertz CT molecular complexity index is 394. The molecule has 20 heavy (non-hydrogen) atoms. The number of nitrogens with two attached hydrogens (primary N) is 1. The highest BCUT2D eigenvalue weighted by Gasteiger charge is 2.21. The molecule has 0 bridgehead atoms. The first-order valence-corrected chi connectivity index (χ1v) is 7.36. The monoisotopic (exact) mass is 277 g/mol. The number of amides is 1. The number of hydrogen-bond donors (Lipinski definition) is 2. The summed E-state index contributed by atoms with van der Waals surface area (Å²) in [5.74, 6) is 0.0729. The van der Waals surface area contributed by atoms with Crippen LogP contribution in [0.4, 0.5) is 0 Å². The van der Waals surface area contributed by atoms with Crippen LogP contribution in [0, 0.1) is 0 Å². The average molecular weight is 277 g/mol. The SMILES string of the molecule is CCC(C)NC(=O)C(C)N(CCN)Cc1ccccc1. The predicted molar refractivity (Wildman–Crippen MR) is 83.3 cm³/mol. The molecule has 0 aromatic heterocycles. The van der Waals surface area contributed by atoms with Crippen molar-refractivity contribution < 1.29 is 4.79 Å². The highest BCUT2D eigenvalue weighted by Crippen LogP contribution is 2.08. The largest absolute Gasteiger partial charge is 0.352 e. The van der Waals surface area contributed by atoms with Crippen molar-refractivity contribution in [2.75, 3.05) is 13.1 Å². The van der Waals surface area contributed by atoms with Gasteiger partial charge in [-0.3, -0.25) is 9.69 Å². The van der Waals surface area contributed by atoms with Gasteiger partial charge in [-0.15, -0.1) is 0 Å². The van der Waals surface area contributed by atoms with Gasteiger partial charge in [-0.05, 0) is 25.8 Å². The molecule has 3 N–H and O–H groups in total. The van der Waals surface area contributed by atoms with Crippen LogP contribution < -0.4 is 11.1 Å². The second-order valence-corrected chi connectivity index (χ2v) is 5.24. The first kappa shape index (κ1) is 16.7. The van der Waals surface area contributed by atoms with Crippen molar-refractivity contribution in [1.82, 2.24) is 10.2 Å². The first-order chi connectivity index (χ1) is 9.58. The maximum Gasteiger partial charge on any atom is 0.237 e. The highest BCUT2D eigenvalue weighted by molar-refractivity contribution is 5.81. The minimum absolute atomic E-state index is 0.0729. The molecule has 0 aliphatic heterocycles. The van der Waals surface area contributed by atoms with E-state index in [4.69, 9.17) is 5.73 Å². The summed E-state index contributed by atoms with van der Waals surface area (Å²) < 4.78 is 0. The van der Waals surface area contributed by atoms with E-state index in [0.29, 0.717) is 13.1 Å². The van der Waals surface area contributed by atoms with Gasteiger partial charge in [-0.1, -0.05) is 37.3 Å². The summed E-state index contributed by atoms with van der Waals surface area (Å²) in [5, 5.41) is 3.03. The zero-order valence-electron chi connectivity index (χ0n) is 12.8. The van der Waals surface area contributed by atoms with Gasteiger partial charge in [0, 0.05) is 25.7 Å². The van der Waals surface area contributed by atoms with E-state index in [1.165, 1.54) is 5.56 Å². The lowest BCUT2D eigenvalue weighted by atomic mass is 10.1. The molecule has 1 aromatic carbocycles. The number of benzene rings is 1. The van der Waals surface area contributed by atoms with Crippen molar-refractivity contribution in [3.8, 4) is 0 Å². The molecule has 0 saturated carbocycles. The van der Waals surface area contributed by atoms with E-state index in [9.17, 15) is 4.79 Å². The van der Waals surface area contributed by atoms with Gasteiger partial charge in [0.15, 0.2) is 0 Å². The van der Waals surface area contributed by atoms with E-state index in [1.54, 1.807) is 0 Å². The number of carbonyl (C=O) groups excluding carboxylic acids is 1. The number of carbonyl (C=O) groups is 1. The van der Waals surface area contributed by atoms with E-state index < -0.39 is 0 Å². The van der Waals surface area contributed by atoms with E-state index in [0.717, 1.165) is 13.0 Å². The molecule has 4 heteroatoms. The summed E-state index contributed by atoms with van der Waals surface area (Å²) in [7, 11) is 0. The van der Waals surface area contributed by atoms with E-state index in [-0.39, 0.29) is 18.0 Å². The maximum absolute atomic E-state index is 12.2. The Labute approximate surface area is 122 Å². The second kappa shape index (κ2) is 8.72. The fraction of sp³-hybridized carbons (Fsp3) is 0.562. The number of nitrogens with zero attached hydrogens (tertiary/aromatic N) is 1. The third kappa shape index (κ3) is 5.31. The van der Waals surface area contributed by atoms with Crippen molar-refractivity contribution in [2.24, 2.45) is 5.73 Å². The van der Waals surface area contributed by atoms with Gasteiger partial charge in [0.1, 0.15) is 0 Å². The first-order valence-electron chi connectivity index (χ1n) is 7.36. The summed E-state index contributed by atoms with van der Waals surface area (Å²) in [5.41, 5.74) is 6.87. The quantitative estimate of drug-likeness (QED) is 0.761. The second-order valence-electron chi connectivity index (χ2n) is 5.24. The zero-order valence-corrected chi connectivity index (χ0v) is 12.8. The van der Waals surface area contributed by atoms with Crippen molar-refractivity contribution in [2.45, 2.75) is 45.8 Å². The van der Waals surface area contributed by atoms with Crippen LogP contribution in [-0.2, 0) is 11.3 Å². The fourth-order valence-corrected chi connectivity index (χ4v) is 2.02. The van der Waals surface area contributed by atoms with Crippen molar-refractivity contribution >= 4 is 5.91 Å². The molecule has 0 heterocycles. The summed E-state index contributed by atoms with van der Waals surface area (Å²) in [6.07, 6.45) is 0.939. The Hall–Kier alpha value is -1.39. The number of nitrogens with one attached hydrogen (secondary N) is 1. The molecule has 1 amide bonds. The molecule has 4 nitrogen and oxygen atoms in total. The van der Waals surface area contributed by atoms with E-state index in [1.807, 2.05) is 32.0 Å². The van der Waals surface area contributed by atoms with Crippen molar-refractivity contribution in [3.05, 3.63) is 35.9 Å². The maximum atomic E-state index is 12.2. The van der Waals surface area contributed by atoms with Crippen LogP contribution in [0.5, 0.6) is 0 Å². The molecule has 0 fully saturated rings. The van der Waals surface area contributed by atoms with Gasteiger partial charge in [-0.25, -0.2) is 0 Å². The minimum Gasteiger partial charge on any atom is -0.352 e. The lowest BCUT2D eigenvalue weighted by Gasteiger charge is -2.28. The van der Waals surface area contributed by atoms with E-state index in [2.05, 4.69) is 29.3 Å². The Kier molecular flexibility index (Phi) is 7.26. The van der Waals surface area contributed by atoms with Gasteiger partial charge >= 0.3 is 0 Å². The zero-order chi connectivity index (χ0) is 15.0. The molecular formula is C16H27N3O.